The zero-order valence-corrected chi connectivity index (χ0v) is 32.5. The van der Waals surface area contributed by atoms with Crippen molar-refractivity contribution in [1.82, 2.24) is 0 Å². The topological polar surface area (TPSA) is 32.8 Å². The van der Waals surface area contributed by atoms with E-state index in [1.165, 1.54) is 10.8 Å². The first-order chi connectivity index (χ1) is 29.8. The molecule has 12 aromatic rings. The highest BCUT2D eigenvalue weighted by atomic mass is 16.3. The summed E-state index contributed by atoms with van der Waals surface area (Å²) in [5.41, 5.74) is 11.7. The Balaban J connectivity index is 1.10. The highest BCUT2D eigenvalue weighted by Gasteiger charge is 2.25. The number of furan rings is 2. The Labute approximate surface area is 346 Å². The van der Waals surface area contributed by atoms with Crippen LogP contribution in [0.25, 0.3) is 76.5 Å². The lowest BCUT2D eigenvalue weighted by molar-refractivity contribution is 0.669. The minimum Gasteiger partial charge on any atom is -0.454 e. The summed E-state index contributed by atoms with van der Waals surface area (Å²) in [6.45, 7) is 0. The zero-order valence-electron chi connectivity index (χ0n) is 32.5. The second-order valence-electron chi connectivity index (χ2n) is 15.2. The Bertz CT molecular complexity index is 3590. The molecule has 0 fully saturated rings. The van der Waals surface area contributed by atoms with Crippen molar-refractivity contribution in [2.75, 3.05) is 9.80 Å². The van der Waals surface area contributed by atoms with Gasteiger partial charge < -0.3 is 18.6 Å². The van der Waals surface area contributed by atoms with Gasteiger partial charge in [0.05, 0.1) is 28.4 Å². The molecule has 0 amide bonds. The van der Waals surface area contributed by atoms with Crippen LogP contribution in [0.2, 0.25) is 0 Å². The molecule has 0 saturated carbocycles. The van der Waals surface area contributed by atoms with E-state index in [4.69, 9.17) is 8.83 Å². The molecule has 60 heavy (non-hydrogen) atoms. The van der Waals surface area contributed by atoms with Crippen LogP contribution in [-0.4, -0.2) is 0 Å². The molecular formula is C56H36N2O2. The van der Waals surface area contributed by atoms with Crippen LogP contribution in [-0.2, 0) is 0 Å². The van der Waals surface area contributed by atoms with Gasteiger partial charge in [-0.25, -0.2) is 0 Å². The third-order valence-electron chi connectivity index (χ3n) is 11.8. The van der Waals surface area contributed by atoms with Gasteiger partial charge in [0.25, 0.3) is 0 Å². The van der Waals surface area contributed by atoms with E-state index in [1.54, 1.807) is 0 Å². The molecule has 0 spiro atoms. The molecule has 10 aromatic carbocycles. The maximum absolute atomic E-state index is 6.75. The van der Waals surface area contributed by atoms with Gasteiger partial charge in [-0.3, -0.25) is 0 Å². The smallest absolute Gasteiger partial charge is 0.159 e. The number of para-hydroxylation sites is 5. The lowest BCUT2D eigenvalue weighted by atomic mass is 9.99. The van der Waals surface area contributed by atoms with Crippen LogP contribution < -0.4 is 9.80 Å². The summed E-state index contributed by atoms with van der Waals surface area (Å²) in [4.78, 5) is 4.74. The summed E-state index contributed by atoms with van der Waals surface area (Å²) in [5.74, 6) is 0. The fraction of sp³-hybridized carbons (Fsp3) is 0. The van der Waals surface area contributed by atoms with Crippen LogP contribution in [0.5, 0.6) is 0 Å². The molecule has 0 saturated heterocycles. The summed E-state index contributed by atoms with van der Waals surface area (Å²) in [6.07, 6.45) is 0. The van der Waals surface area contributed by atoms with E-state index in [0.717, 1.165) is 99.9 Å². The lowest BCUT2D eigenvalue weighted by Gasteiger charge is -2.30. The molecule has 2 heterocycles. The molecule has 0 bridgehead atoms. The van der Waals surface area contributed by atoms with Gasteiger partial charge in [0, 0.05) is 43.6 Å². The van der Waals surface area contributed by atoms with Gasteiger partial charge in [0.1, 0.15) is 11.2 Å². The van der Waals surface area contributed by atoms with Crippen molar-refractivity contribution in [3.05, 3.63) is 218 Å². The van der Waals surface area contributed by atoms with E-state index in [2.05, 4.69) is 204 Å². The SMILES string of the molecule is c1cc(-c2ccccc2N(c2cccc3ccccc23)c2cccc3c2oc2ccccc23)cc(N(c2cccc3ccccc23)c2cccc3c2oc2ccccc23)c1. The van der Waals surface area contributed by atoms with Crippen molar-refractivity contribution in [2.45, 2.75) is 0 Å². The van der Waals surface area contributed by atoms with Gasteiger partial charge in [-0.05, 0) is 70.9 Å². The minimum absolute atomic E-state index is 0.844. The maximum Gasteiger partial charge on any atom is 0.159 e. The van der Waals surface area contributed by atoms with Gasteiger partial charge in [-0.2, -0.15) is 0 Å². The van der Waals surface area contributed by atoms with Crippen molar-refractivity contribution in [3.63, 3.8) is 0 Å². The van der Waals surface area contributed by atoms with Crippen molar-refractivity contribution in [2.24, 2.45) is 0 Å². The summed E-state index contributed by atoms with van der Waals surface area (Å²) in [7, 11) is 0. The van der Waals surface area contributed by atoms with Gasteiger partial charge in [0.15, 0.2) is 11.2 Å². The average Bonchev–Trinajstić information content (AvgIpc) is 3.89. The summed E-state index contributed by atoms with van der Waals surface area (Å²) >= 11 is 0. The van der Waals surface area contributed by atoms with Crippen LogP contribution in [0.3, 0.4) is 0 Å². The van der Waals surface area contributed by atoms with Gasteiger partial charge >= 0.3 is 0 Å². The first-order valence-electron chi connectivity index (χ1n) is 20.3. The molecule has 0 aliphatic carbocycles. The fourth-order valence-electron chi connectivity index (χ4n) is 9.15. The molecule has 0 radical (unpaired) electrons. The number of hydrogen-bond acceptors (Lipinski definition) is 4. The second kappa shape index (κ2) is 13.8. The van der Waals surface area contributed by atoms with E-state index in [1.807, 2.05) is 24.3 Å². The van der Waals surface area contributed by atoms with Crippen molar-refractivity contribution in [3.8, 4) is 11.1 Å². The largest absolute Gasteiger partial charge is 0.454 e. The predicted molar refractivity (Wildman–Crippen MR) is 251 cm³/mol. The Morgan fingerprint density at radius 2 is 0.700 bits per heavy atom. The minimum atomic E-state index is 0.844. The summed E-state index contributed by atoms with van der Waals surface area (Å²) < 4.78 is 13.5. The number of benzene rings is 10. The maximum atomic E-state index is 6.75. The highest BCUT2D eigenvalue weighted by molar-refractivity contribution is 6.14. The molecule has 2 aromatic heterocycles. The molecule has 4 heteroatoms. The third kappa shape index (κ3) is 5.39. The number of hydrogen-bond donors (Lipinski definition) is 0. The molecule has 282 valence electrons. The lowest BCUT2D eigenvalue weighted by Crippen LogP contribution is -2.12. The molecule has 0 aliphatic heterocycles. The molecule has 0 atom stereocenters. The standard InChI is InChI=1S/C56H36N2O2/c1-3-22-41-37(16-1)18-12-30-48(41)57(51-32-14-27-46-44-25-6-9-34-53(44)59-55(46)51)40-21-11-20-39(36-40)43-24-5-8-29-49(43)58(50-31-13-19-38-17-2-4-23-42(38)50)52-33-15-28-47-45-26-7-10-35-54(45)60-56(47)52/h1-36H. The quantitative estimate of drug-likeness (QED) is 0.162. The molecular weight excluding hydrogens is 733 g/mol. The number of nitrogens with zero attached hydrogens (tertiary/aromatic N) is 2. The van der Waals surface area contributed by atoms with Crippen molar-refractivity contribution >= 4 is 99.5 Å². The van der Waals surface area contributed by atoms with Crippen LogP contribution in [0.1, 0.15) is 0 Å². The van der Waals surface area contributed by atoms with Crippen molar-refractivity contribution < 1.29 is 8.83 Å². The molecule has 0 aliphatic rings. The Hall–Kier alpha value is -8.08. The van der Waals surface area contributed by atoms with E-state index < -0.39 is 0 Å². The molecule has 4 nitrogen and oxygen atoms in total. The Morgan fingerprint density at radius 1 is 0.283 bits per heavy atom. The number of rotatable bonds is 7. The fourth-order valence-corrected chi connectivity index (χ4v) is 9.15. The number of anilines is 6. The van der Waals surface area contributed by atoms with Gasteiger partial charge in [-0.15, -0.1) is 0 Å². The van der Waals surface area contributed by atoms with E-state index >= 15 is 0 Å². The monoisotopic (exact) mass is 768 g/mol. The van der Waals surface area contributed by atoms with E-state index in [0.29, 0.717) is 0 Å². The average molecular weight is 769 g/mol. The van der Waals surface area contributed by atoms with Crippen LogP contribution >= 0.6 is 0 Å². The van der Waals surface area contributed by atoms with Gasteiger partial charge in [-0.1, -0.05) is 164 Å². The van der Waals surface area contributed by atoms with E-state index in [-0.39, 0.29) is 0 Å². The third-order valence-corrected chi connectivity index (χ3v) is 11.8. The Kier molecular flexibility index (Phi) is 7.82. The second-order valence-corrected chi connectivity index (χ2v) is 15.2. The first kappa shape index (κ1) is 34.0. The number of fused-ring (bicyclic) bond motifs is 8. The van der Waals surface area contributed by atoms with Crippen LogP contribution in [0.15, 0.2) is 227 Å². The van der Waals surface area contributed by atoms with Crippen LogP contribution in [0, 0.1) is 0 Å². The van der Waals surface area contributed by atoms with Gasteiger partial charge in [0.2, 0.25) is 0 Å². The van der Waals surface area contributed by atoms with Crippen LogP contribution in [0.4, 0.5) is 34.1 Å². The van der Waals surface area contributed by atoms with E-state index in [9.17, 15) is 0 Å². The predicted octanol–water partition coefficient (Wildman–Crippen LogP) is 16.4. The highest BCUT2D eigenvalue weighted by Crippen LogP contribution is 2.49. The first-order valence-corrected chi connectivity index (χ1v) is 20.3. The van der Waals surface area contributed by atoms with Crippen molar-refractivity contribution in [1.29, 1.82) is 0 Å². The zero-order chi connectivity index (χ0) is 39.6. The molecule has 12 rings (SSSR count). The summed E-state index contributed by atoms with van der Waals surface area (Å²) in [6, 6.07) is 77.4. The normalized spacial score (nSPS) is 11.7. The summed E-state index contributed by atoms with van der Waals surface area (Å²) in [5, 5.41) is 9.01. The molecule has 0 unspecified atom stereocenters. The Morgan fingerprint density at radius 3 is 1.33 bits per heavy atom. The molecule has 0 N–H and O–H groups in total.